The molecule has 0 aliphatic heterocycles. The van der Waals surface area contributed by atoms with Crippen LogP contribution in [0.1, 0.15) is 21.6 Å². The number of aromatic nitrogens is 3. The van der Waals surface area contributed by atoms with E-state index in [4.69, 9.17) is 0 Å². The largest absolute Gasteiger partial charge is 0.416 e. The van der Waals surface area contributed by atoms with Crippen molar-refractivity contribution >= 4 is 11.6 Å². The summed E-state index contributed by atoms with van der Waals surface area (Å²) in [4.78, 5) is 17.9. The van der Waals surface area contributed by atoms with Gasteiger partial charge in [-0.25, -0.2) is 9.50 Å². The maximum Gasteiger partial charge on any atom is 0.416 e. The van der Waals surface area contributed by atoms with Gasteiger partial charge in [0.05, 0.1) is 17.0 Å². The smallest absolute Gasteiger partial charge is 0.347 e. The predicted octanol–water partition coefficient (Wildman–Crippen LogP) is 6.01. The first-order valence-electron chi connectivity index (χ1n) is 10.8. The Labute approximate surface area is 198 Å². The van der Waals surface area contributed by atoms with Gasteiger partial charge in [0.2, 0.25) is 0 Å². The van der Waals surface area contributed by atoms with Crippen molar-refractivity contribution in [2.75, 3.05) is 0 Å². The Kier molecular flexibility index (Phi) is 5.78. The summed E-state index contributed by atoms with van der Waals surface area (Å²) in [6.07, 6.45) is -4.45. The van der Waals surface area contributed by atoms with E-state index in [0.717, 1.165) is 23.3 Å². The van der Waals surface area contributed by atoms with Crippen molar-refractivity contribution in [3.8, 4) is 22.5 Å². The maximum atomic E-state index is 13.2. The number of hydrogen-bond donors (Lipinski definition) is 1. The number of fused-ring (bicyclic) bond motifs is 1. The van der Waals surface area contributed by atoms with E-state index in [1.807, 2.05) is 60.7 Å². The van der Waals surface area contributed by atoms with Crippen LogP contribution in [-0.2, 0) is 12.7 Å². The fourth-order valence-electron chi connectivity index (χ4n) is 3.77. The zero-order valence-corrected chi connectivity index (χ0v) is 18.3. The summed E-state index contributed by atoms with van der Waals surface area (Å²) in [6, 6.07) is 27.2. The zero-order chi connectivity index (χ0) is 24.4. The van der Waals surface area contributed by atoms with E-state index in [0.29, 0.717) is 22.6 Å². The van der Waals surface area contributed by atoms with E-state index in [2.05, 4.69) is 15.4 Å². The summed E-state index contributed by atoms with van der Waals surface area (Å²) < 4.78 is 40.6. The third-order valence-electron chi connectivity index (χ3n) is 5.51. The van der Waals surface area contributed by atoms with Crippen molar-refractivity contribution in [1.29, 1.82) is 0 Å². The Hall–Kier alpha value is -4.46. The van der Waals surface area contributed by atoms with E-state index in [9.17, 15) is 18.0 Å². The molecule has 0 aliphatic rings. The van der Waals surface area contributed by atoms with Crippen LogP contribution in [0.15, 0.2) is 97.1 Å². The van der Waals surface area contributed by atoms with Gasteiger partial charge in [-0.05, 0) is 23.8 Å². The molecule has 174 valence electrons. The van der Waals surface area contributed by atoms with Crippen LogP contribution in [0.4, 0.5) is 13.2 Å². The summed E-state index contributed by atoms with van der Waals surface area (Å²) in [5.41, 5.74) is 3.21. The van der Waals surface area contributed by atoms with Gasteiger partial charge in [-0.15, -0.1) is 0 Å². The highest BCUT2D eigenvalue weighted by molar-refractivity contribution is 5.94. The quantitative estimate of drug-likeness (QED) is 0.341. The molecular weight excluding hydrogens is 453 g/mol. The normalized spacial score (nSPS) is 11.5. The van der Waals surface area contributed by atoms with Gasteiger partial charge >= 0.3 is 6.18 Å². The Bertz CT molecular complexity index is 1500. The van der Waals surface area contributed by atoms with E-state index in [-0.39, 0.29) is 12.2 Å². The number of amides is 1. The molecule has 0 bridgehead atoms. The molecule has 1 amide bonds. The maximum absolute atomic E-state index is 13.2. The minimum atomic E-state index is -4.45. The minimum Gasteiger partial charge on any atom is -0.347 e. The molecule has 5 nitrogen and oxygen atoms in total. The second-order valence-electron chi connectivity index (χ2n) is 7.94. The Morgan fingerprint density at radius 3 is 2.11 bits per heavy atom. The van der Waals surface area contributed by atoms with E-state index >= 15 is 0 Å². The molecule has 2 aromatic heterocycles. The minimum absolute atomic E-state index is 0.0694. The number of nitrogens with one attached hydrogen (secondary N) is 1. The monoisotopic (exact) mass is 472 g/mol. The first kappa shape index (κ1) is 22.3. The van der Waals surface area contributed by atoms with Gasteiger partial charge in [0.25, 0.3) is 5.91 Å². The highest BCUT2D eigenvalue weighted by Gasteiger charge is 2.30. The lowest BCUT2D eigenvalue weighted by molar-refractivity contribution is -0.137. The summed E-state index contributed by atoms with van der Waals surface area (Å²) in [7, 11) is 0. The van der Waals surface area contributed by atoms with Crippen LogP contribution >= 0.6 is 0 Å². The molecule has 0 saturated heterocycles. The first-order valence-corrected chi connectivity index (χ1v) is 10.8. The van der Waals surface area contributed by atoms with Crippen LogP contribution in [0.3, 0.4) is 0 Å². The Morgan fingerprint density at radius 2 is 1.46 bits per heavy atom. The van der Waals surface area contributed by atoms with Crippen LogP contribution in [-0.4, -0.2) is 20.5 Å². The van der Waals surface area contributed by atoms with Crippen LogP contribution in [0.5, 0.6) is 0 Å². The molecule has 5 rings (SSSR count). The summed E-state index contributed by atoms with van der Waals surface area (Å²) >= 11 is 0. The fourth-order valence-corrected chi connectivity index (χ4v) is 3.77. The summed E-state index contributed by atoms with van der Waals surface area (Å²) in [5, 5.41) is 7.30. The predicted molar refractivity (Wildman–Crippen MR) is 126 cm³/mol. The van der Waals surface area contributed by atoms with Crippen molar-refractivity contribution in [1.82, 2.24) is 19.9 Å². The van der Waals surface area contributed by atoms with Crippen molar-refractivity contribution in [2.24, 2.45) is 0 Å². The number of halogens is 3. The molecule has 0 aliphatic carbocycles. The van der Waals surface area contributed by atoms with E-state index in [1.54, 1.807) is 12.1 Å². The van der Waals surface area contributed by atoms with Gasteiger partial charge in [0.15, 0.2) is 5.65 Å². The highest BCUT2D eigenvalue weighted by atomic mass is 19.4. The van der Waals surface area contributed by atoms with Crippen LogP contribution in [0.25, 0.3) is 28.2 Å². The molecule has 1 N–H and O–H groups in total. The third-order valence-corrected chi connectivity index (χ3v) is 5.51. The molecule has 5 aromatic rings. The molecule has 2 heterocycles. The number of benzene rings is 3. The number of nitrogens with zero attached hydrogens (tertiary/aromatic N) is 3. The average Bonchev–Trinajstić information content (AvgIpc) is 3.32. The van der Waals surface area contributed by atoms with Gasteiger partial charge in [-0.1, -0.05) is 72.8 Å². The molecule has 0 spiro atoms. The standard InChI is InChI=1S/C27H19F3N4O/c28-27(29,30)21-13-7-8-18(14-21)17-31-26(35)24-15-22(19-9-3-1-4-10-19)32-25-16-23(33-34(24)25)20-11-5-2-6-12-20/h1-16H,17H2,(H,31,35). The SMILES string of the molecule is O=C(NCc1cccc(C(F)(F)F)c1)c1cc(-c2ccccc2)nc2cc(-c3ccccc3)nn12. The number of carbonyl (C=O) groups is 1. The lowest BCUT2D eigenvalue weighted by atomic mass is 10.1. The molecule has 35 heavy (non-hydrogen) atoms. The van der Waals surface area contributed by atoms with E-state index < -0.39 is 17.6 Å². The van der Waals surface area contributed by atoms with E-state index in [1.165, 1.54) is 16.6 Å². The van der Waals surface area contributed by atoms with Crippen LogP contribution in [0, 0.1) is 0 Å². The van der Waals surface area contributed by atoms with Gasteiger partial charge in [-0.2, -0.15) is 18.3 Å². The zero-order valence-electron chi connectivity index (χ0n) is 18.3. The number of carbonyl (C=O) groups excluding carboxylic acids is 1. The molecule has 0 atom stereocenters. The second-order valence-corrected chi connectivity index (χ2v) is 7.94. The average molecular weight is 472 g/mol. The van der Waals surface area contributed by atoms with Gasteiger partial charge in [0, 0.05) is 23.7 Å². The molecule has 3 aromatic carbocycles. The fraction of sp³-hybridized carbons (Fsp3) is 0.0741. The third kappa shape index (κ3) is 4.77. The number of alkyl halides is 3. The molecule has 0 unspecified atom stereocenters. The topological polar surface area (TPSA) is 59.3 Å². The summed E-state index contributed by atoms with van der Waals surface area (Å²) in [6.45, 7) is -0.0694. The Morgan fingerprint density at radius 1 is 0.800 bits per heavy atom. The van der Waals surface area contributed by atoms with Gasteiger partial charge in [0.1, 0.15) is 5.69 Å². The van der Waals surface area contributed by atoms with Crippen molar-refractivity contribution in [3.63, 3.8) is 0 Å². The highest BCUT2D eigenvalue weighted by Crippen LogP contribution is 2.29. The number of hydrogen-bond acceptors (Lipinski definition) is 3. The van der Waals surface area contributed by atoms with Gasteiger partial charge < -0.3 is 5.32 Å². The van der Waals surface area contributed by atoms with Crippen molar-refractivity contribution in [2.45, 2.75) is 12.7 Å². The number of rotatable bonds is 5. The molecule has 8 heteroatoms. The Balaban J connectivity index is 1.52. The summed E-state index contributed by atoms with van der Waals surface area (Å²) in [5.74, 6) is -0.477. The van der Waals surface area contributed by atoms with Crippen molar-refractivity contribution in [3.05, 3.63) is 114 Å². The molecular formula is C27H19F3N4O. The van der Waals surface area contributed by atoms with Crippen LogP contribution < -0.4 is 5.32 Å². The lowest BCUT2D eigenvalue weighted by Gasteiger charge is -2.11. The second kappa shape index (κ2) is 9.06. The molecule has 0 fully saturated rings. The molecule has 0 saturated carbocycles. The van der Waals surface area contributed by atoms with Crippen LogP contribution in [0.2, 0.25) is 0 Å². The molecule has 0 radical (unpaired) electrons. The van der Waals surface area contributed by atoms with Crippen molar-refractivity contribution < 1.29 is 18.0 Å². The first-order chi connectivity index (χ1) is 16.9. The van der Waals surface area contributed by atoms with Gasteiger partial charge in [-0.3, -0.25) is 4.79 Å². The lowest BCUT2D eigenvalue weighted by Crippen LogP contribution is -2.26.